The normalized spacial score (nSPS) is 32.8. The number of hydrogen-bond acceptors (Lipinski definition) is 6. The number of aryl methyl sites for hydroxylation is 1. The van der Waals surface area contributed by atoms with Crippen molar-refractivity contribution in [1.29, 1.82) is 5.26 Å². The van der Waals surface area contributed by atoms with Crippen LogP contribution in [0.25, 0.3) is 11.3 Å². The number of ether oxygens (including phenoxy) is 1. The molecule has 1 aromatic carbocycles. The van der Waals surface area contributed by atoms with Crippen LogP contribution in [0.1, 0.15) is 43.2 Å². The van der Waals surface area contributed by atoms with E-state index >= 15 is 0 Å². The third kappa shape index (κ3) is 4.00. The number of fused-ring (bicyclic) bond motifs is 3. The zero-order chi connectivity index (χ0) is 22.5. The van der Waals surface area contributed by atoms with Crippen LogP contribution < -0.4 is 5.32 Å². The third-order valence-corrected chi connectivity index (χ3v) is 8.28. The van der Waals surface area contributed by atoms with Gasteiger partial charge in [0.05, 0.1) is 23.5 Å². The van der Waals surface area contributed by atoms with Gasteiger partial charge in [0.15, 0.2) is 5.82 Å². The highest BCUT2D eigenvalue weighted by Crippen LogP contribution is 2.43. The summed E-state index contributed by atoms with van der Waals surface area (Å²) in [5.74, 6) is 2.35. The molecule has 172 valence electrons. The largest absolute Gasteiger partial charge is 0.375 e. The molecule has 1 saturated carbocycles. The van der Waals surface area contributed by atoms with Crippen molar-refractivity contribution in [3.8, 4) is 17.3 Å². The Hall–Kier alpha value is -2.56. The molecule has 2 bridgehead atoms. The number of rotatable bonds is 5. The van der Waals surface area contributed by atoms with E-state index in [-0.39, 0.29) is 5.82 Å². The molecule has 3 saturated heterocycles. The molecule has 2 unspecified atom stereocenters. The van der Waals surface area contributed by atoms with E-state index < -0.39 is 0 Å². The lowest BCUT2D eigenvalue weighted by Crippen LogP contribution is -2.33. The Morgan fingerprint density at radius 2 is 1.97 bits per heavy atom. The number of halogens is 1. The van der Waals surface area contributed by atoms with Gasteiger partial charge in [0, 0.05) is 37.2 Å². The molecule has 33 heavy (non-hydrogen) atoms. The van der Waals surface area contributed by atoms with E-state index in [0.29, 0.717) is 52.7 Å². The van der Waals surface area contributed by atoms with Crippen molar-refractivity contribution < 1.29 is 9.13 Å². The summed E-state index contributed by atoms with van der Waals surface area (Å²) in [6.07, 6.45) is 7.01. The first-order chi connectivity index (χ1) is 16.1. The molecule has 6 rings (SSSR count). The fourth-order valence-corrected chi connectivity index (χ4v) is 6.71. The standard InChI is InChI=1S/C26H30FN5O/c1-15-2-3-20(27)10-23(15)24-9-16(11-28)26(31-30-24)29-21-6-17-12-32(13-18(17)7-21)14-19-8-22-4-5-25(19)33-22/h2-3,9-10,17-19,21-22,25H,4-8,12-14H2,1H3,(H,29,31)/t17-,18+,19-,21+,22?,25?/m1/s1. The van der Waals surface area contributed by atoms with Gasteiger partial charge in [0.1, 0.15) is 11.9 Å². The minimum atomic E-state index is -0.322. The van der Waals surface area contributed by atoms with E-state index in [1.165, 1.54) is 51.0 Å². The number of nitrogens with zero attached hydrogens (tertiary/aromatic N) is 4. The van der Waals surface area contributed by atoms with Crippen LogP contribution >= 0.6 is 0 Å². The fraction of sp³-hybridized carbons (Fsp3) is 0.577. The molecule has 1 aromatic heterocycles. The molecule has 2 aromatic rings. The lowest BCUT2D eigenvalue weighted by atomic mass is 9.89. The topological polar surface area (TPSA) is 74.1 Å². The molecule has 0 radical (unpaired) electrons. The van der Waals surface area contributed by atoms with Crippen molar-refractivity contribution in [1.82, 2.24) is 15.1 Å². The van der Waals surface area contributed by atoms with Crippen LogP contribution in [0.2, 0.25) is 0 Å². The van der Waals surface area contributed by atoms with Gasteiger partial charge in [-0.3, -0.25) is 0 Å². The Morgan fingerprint density at radius 1 is 1.15 bits per heavy atom. The van der Waals surface area contributed by atoms with Crippen molar-refractivity contribution in [2.45, 2.75) is 57.3 Å². The molecule has 6 atom stereocenters. The molecule has 7 heteroatoms. The summed E-state index contributed by atoms with van der Waals surface area (Å²) in [6.45, 7) is 5.44. The van der Waals surface area contributed by atoms with Crippen molar-refractivity contribution in [3.63, 3.8) is 0 Å². The summed E-state index contributed by atoms with van der Waals surface area (Å²) in [5, 5.41) is 21.9. The summed E-state index contributed by atoms with van der Waals surface area (Å²) in [7, 11) is 0. The van der Waals surface area contributed by atoms with Crippen LogP contribution in [-0.4, -0.2) is 53.0 Å². The second-order valence-electron chi connectivity index (χ2n) is 10.5. The second kappa shape index (κ2) is 8.34. The SMILES string of the molecule is Cc1ccc(F)cc1-c1cc(C#N)c(N[C@H]2C[C@@H]3CN(C[C@H]4CC5CCC4O5)C[C@@H]3C2)nn1. The summed E-state index contributed by atoms with van der Waals surface area (Å²) >= 11 is 0. The Bertz CT molecular complexity index is 1090. The molecular weight excluding hydrogens is 417 g/mol. The van der Waals surface area contributed by atoms with E-state index in [1.54, 1.807) is 12.1 Å². The molecular formula is C26H30FN5O. The lowest BCUT2D eigenvalue weighted by Gasteiger charge is -2.26. The molecule has 1 N–H and O–H groups in total. The zero-order valence-electron chi connectivity index (χ0n) is 19.0. The zero-order valence-corrected chi connectivity index (χ0v) is 19.0. The van der Waals surface area contributed by atoms with Crippen LogP contribution in [0.3, 0.4) is 0 Å². The first kappa shape index (κ1) is 21.0. The molecule has 1 aliphatic carbocycles. The minimum Gasteiger partial charge on any atom is -0.375 e. The molecule has 0 amide bonds. The van der Waals surface area contributed by atoms with Gasteiger partial charge in [-0.15, -0.1) is 10.2 Å². The van der Waals surface area contributed by atoms with E-state index in [4.69, 9.17) is 4.74 Å². The van der Waals surface area contributed by atoms with Crippen molar-refractivity contribution in [2.24, 2.45) is 17.8 Å². The number of hydrogen-bond donors (Lipinski definition) is 1. The van der Waals surface area contributed by atoms with Gasteiger partial charge in [-0.1, -0.05) is 6.07 Å². The molecule has 0 spiro atoms. The van der Waals surface area contributed by atoms with E-state index in [0.717, 1.165) is 24.3 Å². The number of nitrogens with one attached hydrogen (secondary N) is 1. The first-order valence-corrected chi connectivity index (χ1v) is 12.2. The predicted molar refractivity (Wildman–Crippen MR) is 123 cm³/mol. The number of likely N-dealkylation sites (tertiary alicyclic amines) is 1. The smallest absolute Gasteiger partial charge is 0.166 e. The average Bonchev–Trinajstić information content (AvgIpc) is 3.57. The first-order valence-electron chi connectivity index (χ1n) is 12.2. The van der Waals surface area contributed by atoms with Gasteiger partial charge >= 0.3 is 0 Å². The van der Waals surface area contributed by atoms with E-state index in [9.17, 15) is 9.65 Å². The van der Waals surface area contributed by atoms with Crippen molar-refractivity contribution in [2.75, 3.05) is 25.0 Å². The summed E-state index contributed by atoms with van der Waals surface area (Å²) in [4.78, 5) is 2.66. The average molecular weight is 448 g/mol. The second-order valence-corrected chi connectivity index (χ2v) is 10.5. The Labute approximate surface area is 194 Å². The van der Waals surface area contributed by atoms with Crippen molar-refractivity contribution in [3.05, 3.63) is 41.2 Å². The molecule has 3 aliphatic heterocycles. The highest BCUT2D eigenvalue weighted by molar-refractivity contribution is 5.67. The van der Waals surface area contributed by atoms with Gasteiger partial charge in [-0.25, -0.2) is 4.39 Å². The third-order valence-electron chi connectivity index (χ3n) is 8.28. The maximum absolute atomic E-state index is 13.7. The monoisotopic (exact) mass is 447 g/mol. The number of anilines is 1. The van der Waals surface area contributed by atoms with Crippen LogP contribution in [-0.2, 0) is 4.74 Å². The quantitative estimate of drug-likeness (QED) is 0.742. The summed E-state index contributed by atoms with van der Waals surface area (Å²) < 4.78 is 19.8. The van der Waals surface area contributed by atoms with Gasteiger partial charge < -0.3 is 15.0 Å². The Kier molecular flexibility index (Phi) is 5.31. The highest BCUT2D eigenvalue weighted by atomic mass is 19.1. The number of benzene rings is 1. The van der Waals surface area contributed by atoms with Crippen LogP contribution in [0, 0.1) is 41.8 Å². The molecule has 4 aliphatic rings. The number of aromatic nitrogens is 2. The van der Waals surface area contributed by atoms with Gasteiger partial charge in [-0.05, 0) is 74.6 Å². The minimum absolute atomic E-state index is 0.316. The molecule has 4 heterocycles. The molecule has 4 fully saturated rings. The Balaban J connectivity index is 1.08. The Morgan fingerprint density at radius 3 is 2.67 bits per heavy atom. The van der Waals surface area contributed by atoms with Gasteiger partial charge in [0.2, 0.25) is 0 Å². The maximum atomic E-state index is 13.7. The predicted octanol–water partition coefficient (Wildman–Crippen LogP) is 4.15. The lowest BCUT2D eigenvalue weighted by molar-refractivity contribution is 0.0854. The van der Waals surface area contributed by atoms with Gasteiger partial charge in [0.25, 0.3) is 0 Å². The fourth-order valence-electron chi connectivity index (χ4n) is 6.71. The van der Waals surface area contributed by atoms with Crippen LogP contribution in [0.5, 0.6) is 0 Å². The van der Waals surface area contributed by atoms with E-state index in [1.807, 2.05) is 6.92 Å². The van der Waals surface area contributed by atoms with Crippen molar-refractivity contribution >= 4 is 5.82 Å². The summed E-state index contributed by atoms with van der Waals surface area (Å²) in [6, 6.07) is 8.87. The highest BCUT2D eigenvalue weighted by Gasteiger charge is 2.45. The van der Waals surface area contributed by atoms with Crippen LogP contribution in [0.4, 0.5) is 10.2 Å². The maximum Gasteiger partial charge on any atom is 0.166 e. The number of nitriles is 1. The van der Waals surface area contributed by atoms with E-state index in [2.05, 4.69) is 26.5 Å². The van der Waals surface area contributed by atoms with Gasteiger partial charge in [-0.2, -0.15) is 5.26 Å². The summed E-state index contributed by atoms with van der Waals surface area (Å²) in [5.41, 5.74) is 2.55. The molecule has 6 nitrogen and oxygen atoms in total. The van der Waals surface area contributed by atoms with Crippen LogP contribution in [0.15, 0.2) is 24.3 Å².